The van der Waals surface area contributed by atoms with E-state index in [4.69, 9.17) is 9.47 Å². The SMILES string of the molecule is O=C([O-])c1cnn(-c2ccc(-c3ccccc3)cc2)c1OCCN1CCOCC1. The number of morpholine rings is 1. The Labute approximate surface area is 169 Å². The number of aromatic nitrogens is 2. The number of benzene rings is 2. The van der Waals surface area contributed by atoms with E-state index < -0.39 is 5.97 Å². The molecule has 1 fully saturated rings. The van der Waals surface area contributed by atoms with Crippen LogP contribution in [-0.2, 0) is 4.74 Å². The molecular weight excluding hydrogens is 370 g/mol. The molecule has 1 aliphatic rings. The minimum absolute atomic E-state index is 0.0564. The van der Waals surface area contributed by atoms with Gasteiger partial charge in [-0.2, -0.15) is 5.10 Å². The molecule has 150 valence electrons. The molecule has 0 spiro atoms. The Balaban J connectivity index is 1.53. The number of aromatic carboxylic acids is 1. The molecule has 4 rings (SSSR count). The van der Waals surface area contributed by atoms with Gasteiger partial charge in [0.1, 0.15) is 6.61 Å². The molecule has 7 nitrogen and oxygen atoms in total. The predicted molar refractivity (Wildman–Crippen MR) is 106 cm³/mol. The number of carbonyl (C=O) groups excluding carboxylic acids is 1. The van der Waals surface area contributed by atoms with E-state index in [-0.39, 0.29) is 11.4 Å². The van der Waals surface area contributed by atoms with Crippen molar-refractivity contribution in [2.45, 2.75) is 0 Å². The molecule has 2 heterocycles. The van der Waals surface area contributed by atoms with Gasteiger partial charge in [-0.15, -0.1) is 0 Å². The largest absolute Gasteiger partial charge is 0.545 e. The number of rotatable bonds is 7. The maximum absolute atomic E-state index is 11.5. The summed E-state index contributed by atoms with van der Waals surface area (Å²) in [6.07, 6.45) is 1.27. The first-order valence-electron chi connectivity index (χ1n) is 9.60. The summed E-state index contributed by atoms with van der Waals surface area (Å²) in [5.74, 6) is -1.12. The van der Waals surface area contributed by atoms with Crippen LogP contribution in [0.2, 0.25) is 0 Å². The van der Waals surface area contributed by atoms with Crippen LogP contribution >= 0.6 is 0 Å². The molecule has 0 radical (unpaired) electrons. The first-order valence-corrected chi connectivity index (χ1v) is 9.60. The van der Waals surface area contributed by atoms with E-state index in [9.17, 15) is 9.90 Å². The Bertz CT molecular complexity index is 948. The monoisotopic (exact) mass is 392 g/mol. The van der Waals surface area contributed by atoms with Crippen molar-refractivity contribution in [1.29, 1.82) is 0 Å². The van der Waals surface area contributed by atoms with Crippen LogP contribution < -0.4 is 9.84 Å². The van der Waals surface area contributed by atoms with Gasteiger partial charge in [-0.05, 0) is 23.3 Å². The summed E-state index contributed by atoms with van der Waals surface area (Å²) in [5.41, 5.74) is 2.84. The minimum atomic E-state index is -1.31. The Hall–Kier alpha value is -3.16. The fourth-order valence-corrected chi connectivity index (χ4v) is 3.32. The molecule has 2 aromatic carbocycles. The number of carboxylic acid groups (broad SMARTS) is 1. The molecule has 29 heavy (non-hydrogen) atoms. The lowest BCUT2D eigenvalue weighted by Crippen LogP contribution is -2.38. The Kier molecular flexibility index (Phi) is 5.88. The lowest BCUT2D eigenvalue weighted by atomic mass is 10.1. The van der Waals surface area contributed by atoms with Crippen molar-refractivity contribution >= 4 is 5.97 Å². The van der Waals surface area contributed by atoms with Crippen molar-refractivity contribution in [3.8, 4) is 22.7 Å². The second-order valence-corrected chi connectivity index (χ2v) is 6.78. The van der Waals surface area contributed by atoms with Gasteiger partial charge in [-0.25, -0.2) is 4.68 Å². The van der Waals surface area contributed by atoms with Crippen LogP contribution in [0, 0.1) is 0 Å². The van der Waals surface area contributed by atoms with Crippen molar-refractivity contribution < 1.29 is 19.4 Å². The molecule has 1 aromatic heterocycles. The first-order chi connectivity index (χ1) is 14.2. The van der Waals surface area contributed by atoms with Crippen LogP contribution in [0.15, 0.2) is 60.8 Å². The van der Waals surface area contributed by atoms with E-state index >= 15 is 0 Å². The Morgan fingerprint density at radius 2 is 1.72 bits per heavy atom. The summed E-state index contributed by atoms with van der Waals surface area (Å²) in [4.78, 5) is 13.7. The Morgan fingerprint density at radius 1 is 1.03 bits per heavy atom. The molecule has 0 N–H and O–H groups in total. The van der Waals surface area contributed by atoms with E-state index in [1.54, 1.807) is 0 Å². The smallest absolute Gasteiger partial charge is 0.226 e. The van der Waals surface area contributed by atoms with E-state index in [0.717, 1.165) is 29.9 Å². The van der Waals surface area contributed by atoms with Gasteiger partial charge in [0.05, 0.1) is 36.6 Å². The zero-order valence-corrected chi connectivity index (χ0v) is 16.0. The van der Waals surface area contributed by atoms with Gasteiger partial charge in [0, 0.05) is 19.6 Å². The summed E-state index contributed by atoms with van der Waals surface area (Å²) >= 11 is 0. The fourth-order valence-electron chi connectivity index (χ4n) is 3.32. The third-order valence-electron chi connectivity index (χ3n) is 4.91. The average Bonchev–Trinajstić information content (AvgIpc) is 3.19. The minimum Gasteiger partial charge on any atom is -0.545 e. The third kappa shape index (κ3) is 4.47. The first kappa shape index (κ1) is 19.2. The summed E-state index contributed by atoms with van der Waals surface area (Å²) in [6, 6.07) is 17.8. The van der Waals surface area contributed by atoms with Crippen LogP contribution in [0.4, 0.5) is 0 Å². The topological polar surface area (TPSA) is 79.6 Å². The predicted octanol–water partition coefficient (Wildman–Crippen LogP) is 1.61. The molecule has 0 bridgehead atoms. The van der Waals surface area contributed by atoms with Crippen molar-refractivity contribution in [3.63, 3.8) is 0 Å². The van der Waals surface area contributed by atoms with Crippen molar-refractivity contribution in [2.24, 2.45) is 0 Å². The summed E-state index contributed by atoms with van der Waals surface area (Å²) in [6.45, 7) is 4.14. The van der Waals surface area contributed by atoms with Crippen LogP contribution in [0.3, 0.4) is 0 Å². The van der Waals surface area contributed by atoms with Crippen LogP contribution in [-0.4, -0.2) is 60.1 Å². The number of hydrogen-bond acceptors (Lipinski definition) is 6. The van der Waals surface area contributed by atoms with Crippen molar-refractivity contribution in [2.75, 3.05) is 39.5 Å². The highest BCUT2D eigenvalue weighted by atomic mass is 16.5. The van der Waals surface area contributed by atoms with Gasteiger partial charge in [0.15, 0.2) is 0 Å². The molecule has 0 aliphatic carbocycles. The second-order valence-electron chi connectivity index (χ2n) is 6.78. The molecule has 0 unspecified atom stereocenters. The lowest BCUT2D eigenvalue weighted by Gasteiger charge is -2.26. The third-order valence-corrected chi connectivity index (χ3v) is 4.91. The number of carbonyl (C=O) groups is 1. The normalized spacial score (nSPS) is 14.6. The second kappa shape index (κ2) is 8.89. The van der Waals surface area contributed by atoms with E-state index in [1.165, 1.54) is 10.9 Å². The van der Waals surface area contributed by atoms with Gasteiger partial charge in [-0.3, -0.25) is 4.90 Å². The van der Waals surface area contributed by atoms with E-state index in [0.29, 0.717) is 26.4 Å². The number of carboxylic acids is 1. The number of nitrogens with zero attached hydrogens (tertiary/aromatic N) is 3. The van der Waals surface area contributed by atoms with Crippen LogP contribution in [0.25, 0.3) is 16.8 Å². The number of ether oxygens (including phenoxy) is 2. The maximum atomic E-state index is 11.5. The summed E-state index contributed by atoms with van der Waals surface area (Å²) < 4.78 is 12.7. The lowest BCUT2D eigenvalue weighted by molar-refractivity contribution is -0.255. The van der Waals surface area contributed by atoms with Gasteiger partial charge in [-0.1, -0.05) is 42.5 Å². The zero-order chi connectivity index (χ0) is 20.1. The molecule has 0 saturated carbocycles. The quantitative estimate of drug-likeness (QED) is 0.608. The maximum Gasteiger partial charge on any atom is 0.226 e. The highest BCUT2D eigenvalue weighted by Crippen LogP contribution is 2.25. The fraction of sp³-hybridized carbons (Fsp3) is 0.273. The summed E-state index contributed by atoms with van der Waals surface area (Å²) in [7, 11) is 0. The van der Waals surface area contributed by atoms with E-state index in [1.807, 2.05) is 54.6 Å². The van der Waals surface area contributed by atoms with Gasteiger partial charge in [0.25, 0.3) is 0 Å². The van der Waals surface area contributed by atoms with Crippen molar-refractivity contribution in [1.82, 2.24) is 14.7 Å². The number of hydrogen-bond donors (Lipinski definition) is 0. The summed E-state index contributed by atoms with van der Waals surface area (Å²) in [5, 5.41) is 15.7. The molecule has 7 heteroatoms. The van der Waals surface area contributed by atoms with Gasteiger partial charge >= 0.3 is 0 Å². The van der Waals surface area contributed by atoms with Gasteiger partial charge < -0.3 is 19.4 Å². The average molecular weight is 392 g/mol. The molecule has 3 aromatic rings. The van der Waals surface area contributed by atoms with Crippen LogP contribution in [0.1, 0.15) is 10.4 Å². The molecule has 1 saturated heterocycles. The molecule has 1 aliphatic heterocycles. The Morgan fingerprint density at radius 3 is 2.41 bits per heavy atom. The van der Waals surface area contributed by atoms with E-state index in [2.05, 4.69) is 10.00 Å². The molecule has 0 amide bonds. The standard InChI is InChI=1S/C22H23N3O4/c26-22(27)20-16-23-25(21(20)29-15-12-24-10-13-28-14-11-24)19-8-6-18(7-9-19)17-4-2-1-3-5-17/h1-9,16H,10-15H2,(H,26,27)/p-1. The highest BCUT2D eigenvalue weighted by molar-refractivity contribution is 5.88. The molecular formula is C22H22N3O4-. The van der Waals surface area contributed by atoms with Gasteiger partial charge in [0.2, 0.25) is 5.88 Å². The van der Waals surface area contributed by atoms with Crippen LogP contribution in [0.5, 0.6) is 5.88 Å². The highest BCUT2D eigenvalue weighted by Gasteiger charge is 2.16. The zero-order valence-electron chi connectivity index (χ0n) is 16.0. The molecule has 0 atom stereocenters. The van der Waals surface area contributed by atoms with Crippen molar-refractivity contribution in [3.05, 3.63) is 66.4 Å².